The van der Waals surface area contributed by atoms with E-state index in [1.807, 2.05) is 0 Å². The highest BCUT2D eigenvalue weighted by Crippen LogP contribution is 2.27. The van der Waals surface area contributed by atoms with Crippen LogP contribution in [0.4, 0.5) is 10.2 Å². The molecule has 1 unspecified atom stereocenters. The molecule has 0 aliphatic carbocycles. The van der Waals surface area contributed by atoms with E-state index in [1.165, 1.54) is 12.1 Å². The number of amides is 1. The lowest BCUT2D eigenvalue weighted by Gasteiger charge is -2.14. The molecule has 0 saturated carbocycles. The summed E-state index contributed by atoms with van der Waals surface area (Å²) in [4.78, 5) is 12.3. The number of carbonyl (C=O) groups is 1. The minimum atomic E-state index is -3.07. The Kier molecular flexibility index (Phi) is 4.16. The van der Waals surface area contributed by atoms with Gasteiger partial charge in [0.2, 0.25) is 0 Å². The molecule has 8 heteroatoms. The summed E-state index contributed by atoms with van der Waals surface area (Å²) in [6.45, 7) is 3.39. The van der Waals surface area contributed by atoms with E-state index in [2.05, 4.69) is 10.4 Å². The average molecular weight is 351 g/mol. The molecule has 1 aliphatic heterocycles. The van der Waals surface area contributed by atoms with Crippen LogP contribution in [0.25, 0.3) is 0 Å². The fraction of sp³-hybridized carbons (Fsp3) is 0.375. The highest BCUT2D eigenvalue weighted by atomic mass is 32.2. The number of halogens is 1. The molecular weight excluding hydrogens is 333 g/mol. The third kappa shape index (κ3) is 3.33. The average Bonchev–Trinajstić information content (AvgIpc) is 3.04. The van der Waals surface area contributed by atoms with Gasteiger partial charge in [-0.2, -0.15) is 5.10 Å². The molecule has 128 valence electrons. The maximum atomic E-state index is 13.6. The Morgan fingerprint density at radius 2 is 2.08 bits per heavy atom. The van der Waals surface area contributed by atoms with Crippen LogP contribution in [0.1, 0.15) is 34.1 Å². The van der Waals surface area contributed by atoms with Crippen molar-refractivity contribution in [3.8, 4) is 0 Å². The predicted molar refractivity (Wildman–Crippen MR) is 88.4 cm³/mol. The maximum Gasteiger partial charge on any atom is 0.256 e. The van der Waals surface area contributed by atoms with Gasteiger partial charge in [0.1, 0.15) is 11.6 Å². The molecule has 1 N–H and O–H groups in total. The van der Waals surface area contributed by atoms with E-state index in [1.54, 1.807) is 30.7 Å². The third-order valence-corrected chi connectivity index (χ3v) is 5.84. The van der Waals surface area contributed by atoms with Crippen LogP contribution >= 0.6 is 0 Å². The Morgan fingerprint density at radius 1 is 1.33 bits per heavy atom. The van der Waals surface area contributed by atoms with Gasteiger partial charge in [0.15, 0.2) is 9.84 Å². The monoisotopic (exact) mass is 351 g/mol. The van der Waals surface area contributed by atoms with Crippen molar-refractivity contribution in [2.75, 3.05) is 16.8 Å². The standard InChI is InChI=1S/C16H18FN3O3S/c1-10-3-4-12(8-14(10)17)16(21)18-15-7-11(2)19-20(15)13-5-6-24(22,23)9-13/h3-4,7-8,13H,5-6,9H2,1-2H3,(H,18,21). The van der Waals surface area contributed by atoms with E-state index in [0.717, 1.165) is 0 Å². The Morgan fingerprint density at radius 3 is 2.71 bits per heavy atom. The molecule has 2 aromatic rings. The fourth-order valence-electron chi connectivity index (χ4n) is 2.78. The summed E-state index contributed by atoms with van der Waals surface area (Å²) in [6, 6.07) is 5.64. The second kappa shape index (κ2) is 6.01. The first kappa shape index (κ1) is 16.6. The number of carbonyl (C=O) groups excluding carboxylic acids is 1. The first-order valence-electron chi connectivity index (χ1n) is 7.59. The van der Waals surface area contributed by atoms with Gasteiger partial charge in [0.25, 0.3) is 5.91 Å². The molecule has 1 fully saturated rings. The number of nitrogens with one attached hydrogen (secondary N) is 1. The molecule has 0 bridgehead atoms. The van der Waals surface area contributed by atoms with E-state index < -0.39 is 21.6 Å². The number of sulfone groups is 1. The van der Waals surface area contributed by atoms with Crippen molar-refractivity contribution in [2.45, 2.75) is 26.3 Å². The zero-order chi connectivity index (χ0) is 17.5. The maximum absolute atomic E-state index is 13.6. The van der Waals surface area contributed by atoms with Gasteiger partial charge in [-0.15, -0.1) is 0 Å². The molecule has 2 heterocycles. The van der Waals surface area contributed by atoms with Gasteiger partial charge >= 0.3 is 0 Å². The van der Waals surface area contributed by atoms with Crippen molar-refractivity contribution in [1.29, 1.82) is 0 Å². The Labute approximate surface area is 139 Å². The van der Waals surface area contributed by atoms with Crippen LogP contribution in [0.5, 0.6) is 0 Å². The predicted octanol–water partition coefficient (Wildman–Crippen LogP) is 2.25. The van der Waals surface area contributed by atoms with Crippen molar-refractivity contribution in [3.63, 3.8) is 0 Å². The molecule has 1 aromatic carbocycles. The minimum absolute atomic E-state index is 0.0101. The van der Waals surface area contributed by atoms with Crippen molar-refractivity contribution >= 4 is 21.6 Å². The number of nitrogens with zero attached hydrogens (tertiary/aromatic N) is 2. The van der Waals surface area contributed by atoms with E-state index in [0.29, 0.717) is 23.5 Å². The second-order valence-corrected chi connectivity index (χ2v) is 8.32. The third-order valence-electron chi connectivity index (χ3n) is 4.09. The number of aryl methyl sites for hydroxylation is 2. The summed E-state index contributed by atoms with van der Waals surface area (Å²) in [6.07, 6.45) is 0.464. The van der Waals surface area contributed by atoms with Crippen LogP contribution in [0.3, 0.4) is 0 Å². The molecule has 1 saturated heterocycles. The van der Waals surface area contributed by atoms with Crippen LogP contribution in [0, 0.1) is 19.7 Å². The van der Waals surface area contributed by atoms with Crippen molar-refractivity contribution in [3.05, 3.63) is 46.9 Å². The molecular formula is C16H18FN3O3S. The highest BCUT2D eigenvalue weighted by Gasteiger charge is 2.31. The Hall–Kier alpha value is -2.22. The van der Waals surface area contributed by atoms with Gasteiger partial charge in [-0.25, -0.2) is 17.5 Å². The van der Waals surface area contributed by atoms with Gasteiger partial charge in [-0.3, -0.25) is 4.79 Å². The van der Waals surface area contributed by atoms with Crippen LogP contribution in [-0.4, -0.2) is 35.6 Å². The lowest BCUT2D eigenvalue weighted by molar-refractivity contribution is 0.102. The van der Waals surface area contributed by atoms with Gasteiger partial charge in [0.05, 0.1) is 23.2 Å². The number of rotatable bonds is 3. The molecule has 24 heavy (non-hydrogen) atoms. The van der Waals surface area contributed by atoms with E-state index >= 15 is 0 Å². The quantitative estimate of drug-likeness (QED) is 0.920. The summed E-state index contributed by atoms with van der Waals surface area (Å²) in [5.74, 6) is -0.366. The smallest absolute Gasteiger partial charge is 0.256 e. The normalized spacial score (nSPS) is 19.4. The van der Waals surface area contributed by atoms with Gasteiger partial charge in [-0.05, 0) is 38.0 Å². The SMILES string of the molecule is Cc1cc(NC(=O)c2ccc(C)c(F)c2)n(C2CCS(=O)(=O)C2)n1. The highest BCUT2D eigenvalue weighted by molar-refractivity contribution is 7.91. The summed E-state index contributed by atoms with van der Waals surface area (Å²) >= 11 is 0. The van der Waals surface area contributed by atoms with Gasteiger partial charge < -0.3 is 5.32 Å². The number of aromatic nitrogens is 2. The van der Waals surface area contributed by atoms with Crippen molar-refractivity contribution in [1.82, 2.24) is 9.78 Å². The first-order chi connectivity index (χ1) is 11.2. The fourth-order valence-corrected chi connectivity index (χ4v) is 4.47. The molecule has 0 spiro atoms. The zero-order valence-electron chi connectivity index (χ0n) is 13.4. The topological polar surface area (TPSA) is 81.1 Å². The summed E-state index contributed by atoms with van der Waals surface area (Å²) in [5, 5.41) is 7.00. The molecule has 1 aromatic heterocycles. The molecule has 6 nitrogen and oxygen atoms in total. The lowest BCUT2D eigenvalue weighted by Crippen LogP contribution is -2.19. The van der Waals surface area contributed by atoms with E-state index in [-0.39, 0.29) is 23.1 Å². The molecule has 1 atom stereocenters. The molecule has 3 rings (SSSR count). The van der Waals surface area contributed by atoms with Gasteiger partial charge in [-0.1, -0.05) is 6.07 Å². The molecule has 1 amide bonds. The van der Waals surface area contributed by atoms with Crippen LogP contribution in [0.15, 0.2) is 24.3 Å². The minimum Gasteiger partial charge on any atom is -0.307 e. The number of hydrogen-bond acceptors (Lipinski definition) is 4. The van der Waals surface area contributed by atoms with Crippen molar-refractivity contribution in [2.24, 2.45) is 0 Å². The van der Waals surface area contributed by atoms with E-state index in [4.69, 9.17) is 0 Å². The van der Waals surface area contributed by atoms with Crippen LogP contribution < -0.4 is 5.32 Å². The Bertz CT molecular complexity index is 905. The summed E-state index contributed by atoms with van der Waals surface area (Å²) in [5.41, 5.74) is 1.33. The number of hydrogen-bond donors (Lipinski definition) is 1. The van der Waals surface area contributed by atoms with Crippen LogP contribution in [0.2, 0.25) is 0 Å². The van der Waals surface area contributed by atoms with E-state index in [9.17, 15) is 17.6 Å². The molecule has 1 aliphatic rings. The van der Waals surface area contributed by atoms with Crippen molar-refractivity contribution < 1.29 is 17.6 Å². The summed E-state index contributed by atoms with van der Waals surface area (Å²) < 4.78 is 38.5. The van der Waals surface area contributed by atoms with Gasteiger partial charge in [0, 0.05) is 11.6 Å². The molecule has 0 radical (unpaired) electrons. The first-order valence-corrected chi connectivity index (χ1v) is 9.41. The number of anilines is 1. The largest absolute Gasteiger partial charge is 0.307 e. The zero-order valence-corrected chi connectivity index (χ0v) is 14.2. The number of benzene rings is 1. The summed E-state index contributed by atoms with van der Waals surface area (Å²) in [7, 11) is -3.07. The second-order valence-electron chi connectivity index (χ2n) is 6.09. The lowest BCUT2D eigenvalue weighted by atomic mass is 10.1. The van der Waals surface area contributed by atoms with Crippen LogP contribution in [-0.2, 0) is 9.84 Å². The Balaban J connectivity index is 1.85.